The predicted octanol–water partition coefficient (Wildman–Crippen LogP) is 6.12. The molecule has 0 unspecified atom stereocenters. The molecular formula is C30H39Cl2N5O. The molecule has 204 valence electrons. The number of rotatable bonds is 11. The highest BCUT2D eigenvalue weighted by atomic mass is 35.5. The van der Waals surface area contributed by atoms with Gasteiger partial charge in [0, 0.05) is 47.0 Å². The number of pyridine rings is 2. The number of halogens is 2. The zero-order chi connectivity index (χ0) is 24.7. The van der Waals surface area contributed by atoms with Crippen LogP contribution < -0.4 is 10.6 Å². The third-order valence-electron chi connectivity index (χ3n) is 7.23. The van der Waals surface area contributed by atoms with Gasteiger partial charge in [-0.25, -0.2) is 0 Å². The lowest BCUT2D eigenvalue weighted by Gasteiger charge is -2.22. The van der Waals surface area contributed by atoms with Crippen molar-refractivity contribution in [3.8, 4) is 5.75 Å². The van der Waals surface area contributed by atoms with E-state index in [-0.39, 0.29) is 30.6 Å². The summed E-state index contributed by atoms with van der Waals surface area (Å²) in [4.78, 5) is 11.7. The molecule has 0 amide bonds. The van der Waals surface area contributed by atoms with Crippen molar-refractivity contribution in [2.75, 3.05) is 38.5 Å². The molecule has 6 nitrogen and oxygen atoms in total. The Bertz CT molecular complexity index is 1330. The molecule has 2 aromatic carbocycles. The molecule has 2 heterocycles. The number of nitrogens with zero attached hydrogens (tertiary/aromatic N) is 3. The van der Waals surface area contributed by atoms with Gasteiger partial charge in [-0.15, -0.1) is 24.8 Å². The molecule has 2 aromatic heterocycles. The minimum Gasteiger partial charge on any atom is -0.505 e. The summed E-state index contributed by atoms with van der Waals surface area (Å²) in [5.41, 5.74) is 6.72. The summed E-state index contributed by atoms with van der Waals surface area (Å²) in [6.45, 7) is 4.65. The maximum absolute atomic E-state index is 10.5. The van der Waals surface area contributed by atoms with Gasteiger partial charge in [-0.3, -0.25) is 9.97 Å². The molecule has 0 saturated carbocycles. The molecule has 1 aliphatic carbocycles. The van der Waals surface area contributed by atoms with Gasteiger partial charge in [0.2, 0.25) is 0 Å². The summed E-state index contributed by atoms with van der Waals surface area (Å²) in [6.07, 6.45) is 8.64. The van der Waals surface area contributed by atoms with E-state index >= 15 is 0 Å². The number of aromatic nitrogens is 2. The lowest BCUT2D eigenvalue weighted by molar-refractivity contribution is 0.325. The van der Waals surface area contributed by atoms with Gasteiger partial charge >= 0.3 is 0 Å². The molecule has 8 heteroatoms. The molecule has 0 bridgehead atoms. The fraction of sp³-hybridized carbons (Fsp3) is 0.400. The fourth-order valence-electron chi connectivity index (χ4n) is 5.26. The Labute approximate surface area is 238 Å². The van der Waals surface area contributed by atoms with E-state index in [0.29, 0.717) is 12.1 Å². The number of hydrogen-bond acceptors (Lipinski definition) is 6. The number of aryl methyl sites for hydroxylation is 1. The van der Waals surface area contributed by atoms with Crippen LogP contribution in [0.15, 0.2) is 54.7 Å². The SMILES string of the molecule is CN(CCCNCc1ccc2cccnc2c1O)CCCNc1c2c(nc3ccccc13)CCCC2.Cl.Cl. The molecule has 4 aromatic rings. The Hall–Kier alpha value is -2.64. The minimum absolute atomic E-state index is 0. The van der Waals surface area contributed by atoms with Crippen molar-refractivity contribution in [1.82, 2.24) is 20.2 Å². The van der Waals surface area contributed by atoms with Crippen LogP contribution in [-0.4, -0.2) is 53.2 Å². The van der Waals surface area contributed by atoms with Crippen molar-refractivity contribution < 1.29 is 5.11 Å². The van der Waals surface area contributed by atoms with Gasteiger partial charge in [0.05, 0.1) is 5.52 Å². The van der Waals surface area contributed by atoms with Crippen LogP contribution in [0.3, 0.4) is 0 Å². The zero-order valence-corrected chi connectivity index (χ0v) is 23.7. The number of aromatic hydroxyl groups is 1. The molecule has 0 atom stereocenters. The summed E-state index contributed by atoms with van der Waals surface area (Å²) in [7, 11) is 2.20. The maximum Gasteiger partial charge on any atom is 0.146 e. The van der Waals surface area contributed by atoms with Gasteiger partial charge in [-0.2, -0.15) is 0 Å². The number of hydrogen-bond donors (Lipinski definition) is 3. The summed E-state index contributed by atoms with van der Waals surface area (Å²) < 4.78 is 0. The van der Waals surface area contributed by atoms with Crippen LogP contribution in [0.25, 0.3) is 21.8 Å². The zero-order valence-electron chi connectivity index (χ0n) is 22.1. The van der Waals surface area contributed by atoms with Gasteiger partial charge < -0.3 is 20.6 Å². The Morgan fingerprint density at radius 3 is 2.58 bits per heavy atom. The summed E-state index contributed by atoms with van der Waals surface area (Å²) in [6, 6.07) is 16.4. The smallest absolute Gasteiger partial charge is 0.146 e. The second-order valence-corrected chi connectivity index (χ2v) is 9.90. The Kier molecular flexibility index (Phi) is 11.4. The third-order valence-corrected chi connectivity index (χ3v) is 7.23. The van der Waals surface area contributed by atoms with Crippen LogP contribution in [0.5, 0.6) is 5.75 Å². The topological polar surface area (TPSA) is 73.3 Å². The van der Waals surface area contributed by atoms with Gasteiger partial charge in [-0.05, 0) is 82.9 Å². The average molecular weight is 557 g/mol. The number of fused-ring (bicyclic) bond motifs is 3. The maximum atomic E-state index is 10.5. The van der Waals surface area contributed by atoms with Crippen LogP contribution >= 0.6 is 24.8 Å². The molecule has 5 rings (SSSR count). The lowest BCUT2D eigenvalue weighted by atomic mass is 9.92. The van der Waals surface area contributed by atoms with Crippen molar-refractivity contribution in [3.63, 3.8) is 0 Å². The molecule has 0 fully saturated rings. The van der Waals surface area contributed by atoms with Crippen LogP contribution in [0.2, 0.25) is 0 Å². The highest BCUT2D eigenvalue weighted by molar-refractivity contribution is 5.93. The second kappa shape index (κ2) is 14.5. The van der Waals surface area contributed by atoms with E-state index in [4.69, 9.17) is 4.98 Å². The summed E-state index contributed by atoms with van der Waals surface area (Å²) >= 11 is 0. The second-order valence-electron chi connectivity index (χ2n) is 9.90. The Morgan fingerprint density at radius 1 is 0.921 bits per heavy atom. The van der Waals surface area contributed by atoms with E-state index in [9.17, 15) is 5.11 Å². The van der Waals surface area contributed by atoms with Crippen LogP contribution in [0, 0.1) is 0 Å². The number of phenolic OH excluding ortho intramolecular Hbond substituents is 1. The van der Waals surface area contributed by atoms with E-state index in [1.807, 2.05) is 24.3 Å². The van der Waals surface area contributed by atoms with Crippen LogP contribution in [-0.2, 0) is 19.4 Å². The fourth-order valence-corrected chi connectivity index (χ4v) is 5.26. The summed E-state index contributed by atoms with van der Waals surface area (Å²) in [5.74, 6) is 0.286. The average Bonchev–Trinajstić information content (AvgIpc) is 2.91. The first-order chi connectivity index (χ1) is 17.7. The normalized spacial score (nSPS) is 12.7. The molecule has 3 N–H and O–H groups in total. The van der Waals surface area contributed by atoms with Gasteiger partial charge in [-0.1, -0.05) is 36.4 Å². The van der Waals surface area contributed by atoms with Crippen molar-refractivity contribution in [3.05, 3.63) is 71.5 Å². The van der Waals surface area contributed by atoms with E-state index < -0.39 is 0 Å². The number of anilines is 1. The van der Waals surface area contributed by atoms with E-state index in [1.165, 1.54) is 35.2 Å². The van der Waals surface area contributed by atoms with Crippen molar-refractivity contribution in [2.24, 2.45) is 0 Å². The number of para-hydroxylation sites is 1. The quantitative estimate of drug-likeness (QED) is 0.193. The van der Waals surface area contributed by atoms with Crippen molar-refractivity contribution >= 4 is 52.3 Å². The summed E-state index contributed by atoms with van der Waals surface area (Å²) in [5, 5.41) is 20.0. The first kappa shape index (κ1) is 29.9. The molecular weight excluding hydrogens is 517 g/mol. The molecule has 0 radical (unpaired) electrons. The van der Waals surface area contributed by atoms with Crippen molar-refractivity contribution in [2.45, 2.75) is 45.1 Å². The Morgan fingerprint density at radius 2 is 1.71 bits per heavy atom. The highest BCUT2D eigenvalue weighted by Crippen LogP contribution is 2.33. The standard InChI is InChI=1S/C30H37N5O.2ClH/c1-35(19-7-16-31-21-23-15-14-22-9-6-17-32-28(22)30(23)36)20-8-18-33-29-24-10-2-4-12-26(24)34-27-13-5-3-11-25(27)29;;/h2,4,6,9-10,12,14-15,17,31,36H,3,5,7-8,11,13,16,18-21H2,1H3,(H,33,34);2*1H. The minimum atomic E-state index is 0. The van der Waals surface area contributed by atoms with Crippen molar-refractivity contribution in [1.29, 1.82) is 0 Å². The number of benzene rings is 2. The number of phenols is 1. The van der Waals surface area contributed by atoms with Gasteiger partial charge in [0.1, 0.15) is 11.3 Å². The van der Waals surface area contributed by atoms with Gasteiger partial charge in [0.15, 0.2) is 0 Å². The molecule has 0 aliphatic heterocycles. The molecule has 0 spiro atoms. The largest absolute Gasteiger partial charge is 0.505 e. The van der Waals surface area contributed by atoms with Crippen LogP contribution in [0.4, 0.5) is 5.69 Å². The highest BCUT2D eigenvalue weighted by Gasteiger charge is 2.17. The third kappa shape index (κ3) is 7.06. The van der Waals surface area contributed by atoms with Gasteiger partial charge in [0.25, 0.3) is 0 Å². The Balaban J connectivity index is 0.00000200. The van der Waals surface area contributed by atoms with Crippen LogP contribution in [0.1, 0.15) is 42.5 Å². The van der Waals surface area contributed by atoms with E-state index in [1.54, 1.807) is 6.20 Å². The number of nitrogens with one attached hydrogen (secondary N) is 2. The first-order valence-electron chi connectivity index (χ1n) is 13.3. The van der Waals surface area contributed by atoms with E-state index in [0.717, 1.165) is 68.3 Å². The van der Waals surface area contributed by atoms with E-state index in [2.05, 4.69) is 51.8 Å². The molecule has 38 heavy (non-hydrogen) atoms. The predicted molar refractivity (Wildman–Crippen MR) is 163 cm³/mol. The molecule has 0 saturated heterocycles. The first-order valence-corrected chi connectivity index (χ1v) is 13.3. The monoisotopic (exact) mass is 555 g/mol. The molecule has 1 aliphatic rings. The lowest BCUT2D eigenvalue weighted by Crippen LogP contribution is -2.26.